The number of benzene rings is 2. The number of methoxy groups -OCH3 is 1. The average molecular weight is 375 g/mol. The zero-order valence-electron chi connectivity index (χ0n) is 13.4. The average Bonchev–Trinajstić information content (AvgIpc) is 3.09. The van der Waals surface area contributed by atoms with E-state index in [9.17, 15) is 4.79 Å². The maximum atomic E-state index is 12.0. The normalized spacial score (nSPS) is 10.3. The quantitative estimate of drug-likeness (QED) is 0.690. The second-order valence-corrected chi connectivity index (χ2v) is 6.27. The number of rotatable bonds is 6. The lowest BCUT2D eigenvalue weighted by Crippen LogP contribution is -2.20. The highest BCUT2D eigenvalue weighted by atomic mass is 35.5. The predicted octanol–water partition coefficient (Wildman–Crippen LogP) is 4.49. The van der Waals surface area contributed by atoms with Gasteiger partial charge in [0.05, 0.1) is 17.8 Å². The maximum Gasteiger partial charge on any atom is 0.264 e. The molecule has 128 valence electrons. The van der Waals surface area contributed by atoms with Crippen LogP contribution in [0.15, 0.2) is 53.9 Å². The summed E-state index contributed by atoms with van der Waals surface area (Å²) in [6.07, 6.45) is 0. The van der Waals surface area contributed by atoms with Gasteiger partial charge in [-0.1, -0.05) is 35.9 Å². The number of hydrogen-bond acceptors (Lipinski definition) is 5. The fraction of sp³-hybridized carbons (Fsp3) is 0.111. The number of para-hydroxylation sites is 2. The van der Waals surface area contributed by atoms with Crippen LogP contribution in [-0.4, -0.2) is 24.6 Å². The van der Waals surface area contributed by atoms with E-state index in [4.69, 9.17) is 21.1 Å². The minimum Gasteiger partial charge on any atom is -0.496 e. The zero-order valence-corrected chi connectivity index (χ0v) is 14.9. The molecule has 1 aromatic heterocycles. The van der Waals surface area contributed by atoms with Crippen molar-refractivity contribution in [1.82, 2.24) is 4.98 Å². The molecule has 5 nitrogen and oxygen atoms in total. The molecule has 2 aromatic carbocycles. The van der Waals surface area contributed by atoms with Gasteiger partial charge in [0.1, 0.15) is 11.5 Å². The van der Waals surface area contributed by atoms with Crippen LogP contribution in [0, 0.1) is 0 Å². The fourth-order valence-electron chi connectivity index (χ4n) is 2.17. The van der Waals surface area contributed by atoms with E-state index in [2.05, 4.69) is 10.3 Å². The van der Waals surface area contributed by atoms with Crippen molar-refractivity contribution in [2.75, 3.05) is 19.0 Å². The van der Waals surface area contributed by atoms with Gasteiger partial charge in [-0.2, -0.15) is 0 Å². The van der Waals surface area contributed by atoms with Crippen molar-refractivity contribution in [3.63, 3.8) is 0 Å². The molecule has 0 bridgehead atoms. The lowest BCUT2D eigenvalue weighted by Gasteiger charge is -2.07. The molecule has 0 radical (unpaired) electrons. The van der Waals surface area contributed by atoms with Gasteiger partial charge >= 0.3 is 0 Å². The summed E-state index contributed by atoms with van der Waals surface area (Å²) in [7, 11) is 1.61. The van der Waals surface area contributed by atoms with Gasteiger partial charge in [0.2, 0.25) is 0 Å². The minimum absolute atomic E-state index is 0.146. The van der Waals surface area contributed by atoms with E-state index < -0.39 is 0 Å². The summed E-state index contributed by atoms with van der Waals surface area (Å²) in [5, 5.41) is 5.54. The molecule has 0 saturated carbocycles. The number of carbonyl (C=O) groups is 1. The number of anilines is 1. The smallest absolute Gasteiger partial charge is 0.264 e. The third-order valence-electron chi connectivity index (χ3n) is 3.33. The van der Waals surface area contributed by atoms with Gasteiger partial charge in [0.25, 0.3) is 5.91 Å². The molecule has 25 heavy (non-hydrogen) atoms. The van der Waals surface area contributed by atoms with Gasteiger partial charge < -0.3 is 9.47 Å². The van der Waals surface area contributed by atoms with Crippen LogP contribution in [0.3, 0.4) is 0 Å². The molecule has 7 heteroatoms. The summed E-state index contributed by atoms with van der Waals surface area (Å²) in [6.45, 7) is -0.146. The Morgan fingerprint density at radius 2 is 1.88 bits per heavy atom. The van der Waals surface area contributed by atoms with Crippen LogP contribution in [0.2, 0.25) is 5.02 Å². The third-order valence-corrected chi connectivity index (χ3v) is 4.40. The van der Waals surface area contributed by atoms with Gasteiger partial charge in [-0.05, 0) is 24.3 Å². The molecule has 1 amide bonds. The van der Waals surface area contributed by atoms with Crippen LogP contribution in [0.25, 0.3) is 11.3 Å². The standard InChI is InChI=1S/C18H15ClN2O3S/c1-23-15-8-4-2-6-12(15)14-11-25-18(20-14)21-17(22)10-24-16-9-5-3-7-13(16)19/h2-9,11H,10H2,1H3,(H,20,21,22). The van der Waals surface area contributed by atoms with Gasteiger partial charge in [0.15, 0.2) is 11.7 Å². The summed E-state index contributed by atoms with van der Waals surface area (Å²) in [5.74, 6) is 0.891. The lowest BCUT2D eigenvalue weighted by atomic mass is 10.1. The molecule has 1 heterocycles. The Kier molecular flexibility index (Phi) is 5.53. The molecule has 0 aliphatic carbocycles. The van der Waals surface area contributed by atoms with E-state index in [0.717, 1.165) is 17.0 Å². The largest absolute Gasteiger partial charge is 0.496 e. The molecule has 0 spiro atoms. The van der Waals surface area contributed by atoms with Crippen molar-refractivity contribution >= 4 is 34.0 Å². The lowest BCUT2D eigenvalue weighted by molar-refractivity contribution is -0.118. The van der Waals surface area contributed by atoms with Crippen LogP contribution in [0.5, 0.6) is 11.5 Å². The van der Waals surface area contributed by atoms with Crippen LogP contribution in [-0.2, 0) is 4.79 Å². The Morgan fingerprint density at radius 1 is 1.16 bits per heavy atom. The molecule has 0 fully saturated rings. The number of thiazole rings is 1. The van der Waals surface area contributed by atoms with Gasteiger partial charge in [-0.15, -0.1) is 11.3 Å². The Balaban J connectivity index is 1.63. The minimum atomic E-state index is -0.305. The van der Waals surface area contributed by atoms with Gasteiger partial charge in [-0.3, -0.25) is 10.1 Å². The summed E-state index contributed by atoms with van der Waals surface area (Å²) in [6, 6.07) is 14.6. The van der Waals surface area contributed by atoms with Crippen molar-refractivity contribution in [2.45, 2.75) is 0 Å². The first kappa shape index (κ1) is 17.3. The number of nitrogens with zero attached hydrogens (tertiary/aromatic N) is 1. The molecule has 0 aliphatic heterocycles. The highest BCUT2D eigenvalue weighted by molar-refractivity contribution is 7.14. The SMILES string of the molecule is COc1ccccc1-c1csc(NC(=O)COc2ccccc2Cl)n1. The summed E-state index contributed by atoms with van der Waals surface area (Å²) in [5.41, 5.74) is 1.61. The highest BCUT2D eigenvalue weighted by Crippen LogP contribution is 2.31. The maximum absolute atomic E-state index is 12.0. The number of hydrogen-bond donors (Lipinski definition) is 1. The molecule has 0 atom stereocenters. The number of amides is 1. The number of carbonyl (C=O) groups excluding carboxylic acids is 1. The van der Waals surface area contributed by atoms with E-state index in [0.29, 0.717) is 15.9 Å². The van der Waals surface area contributed by atoms with Crippen molar-refractivity contribution in [1.29, 1.82) is 0 Å². The van der Waals surface area contributed by atoms with Gasteiger partial charge in [0, 0.05) is 10.9 Å². The Bertz CT molecular complexity index is 882. The van der Waals surface area contributed by atoms with Crippen LogP contribution in [0.4, 0.5) is 5.13 Å². The molecule has 0 saturated heterocycles. The van der Waals surface area contributed by atoms with E-state index in [1.54, 1.807) is 31.4 Å². The molecular weight excluding hydrogens is 360 g/mol. The van der Waals surface area contributed by atoms with Crippen LogP contribution < -0.4 is 14.8 Å². The summed E-state index contributed by atoms with van der Waals surface area (Å²) in [4.78, 5) is 16.5. The third kappa shape index (κ3) is 4.29. The van der Waals surface area contributed by atoms with E-state index in [-0.39, 0.29) is 12.5 Å². The zero-order chi connectivity index (χ0) is 17.6. The van der Waals surface area contributed by atoms with E-state index in [1.807, 2.05) is 29.6 Å². The van der Waals surface area contributed by atoms with E-state index in [1.165, 1.54) is 11.3 Å². The Morgan fingerprint density at radius 3 is 2.64 bits per heavy atom. The van der Waals surface area contributed by atoms with Crippen LogP contribution >= 0.6 is 22.9 Å². The first-order chi connectivity index (χ1) is 12.2. The summed E-state index contributed by atoms with van der Waals surface area (Å²) < 4.78 is 10.7. The number of ether oxygens (including phenoxy) is 2. The van der Waals surface area contributed by atoms with Crippen molar-refractivity contribution in [3.8, 4) is 22.8 Å². The van der Waals surface area contributed by atoms with Crippen LogP contribution in [0.1, 0.15) is 0 Å². The van der Waals surface area contributed by atoms with E-state index >= 15 is 0 Å². The van der Waals surface area contributed by atoms with Gasteiger partial charge in [-0.25, -0.2) is 4.98 Å². The van der Waals surface area contributed by atoms with Crippen molar-refractivity contribution in [2.24, 2.45) is 0 Å². The monoisotopic (exact) mass is 374 g/mol. The topological polar surface area (TPSA) is 60.5 Å². The molecule has 1 N–H and O–H groups in total. The van der Waals surface area contributed by atoms with Crippen molar-refractivity contribution in [3.05, 3.63) is 58.9 Å². The molecule has 3 rings (SSSR count). The van der Waals surface area contributed by atoms with Crippen molar-refractivity contribution < 1.29 is 14.3 Å². The second kappa shape index (κ2) is 8.00. The Labute approximate surface area is 154 Å². The first-order valence-electron chi connectivity index (χ1n) is 7.43. The molecule has 0 unspecified atom stereocenters. The summed E-state index contributed by atoms with van der Waals surface area (Å²) >= 11 is 7.33. The molecule has 0 aliphatic rings. The molecule has 3 aromatic rings. The number of halogens is 1. The fourth-order valence-corrected chi connectivity index (χ4v) is 3.09. The number of nitrogens with one attached hydrogen (secondary N) is 1. The first-order valence-corrected chi connectivity index (χ1v) is 8.69. The Hall–Kier alpha value is -2.57. The molecular formula is C18H15ClN2O3S. The highest BCUT2D eigenvalue weighted by Gasteiger charge is 2.12. The second-order valence-electron chi connectivity index (χ2n) is 5.01. The number of aromatic nitrogens is 1. The predicted molar refractivity (Wildman–Crippen MR) is 99.7 cm³/mol.